The van der Waals surface area contributed by atoms with Crippen molar-refractivity contribution in [2.45, 2.75) is 10.5 Å². The van der Waals surface area contributed by atoms with Crippen molar-refractivity contribution < 1.29 is 4.18 Å². The van der Waals surface area contributed by atoms with E-state index < -0.39 is 16.4 Å². The van der Waals surface area contributed by atoms with E-state index in [-0.39, 0.29) is 0 Å². The maximum atomic E-state index is 6.68. The fourth-order valence-corrected chi connectivity index (χ4v) is 5.12. The van der Waals surface area contributed by atoms with Crippen molar-refractivity contribution in [3.8, 4) is 0 Å². The molecule has 0 aromatic heterocycles. The molecule has 1 aliphatic rings. The third kappa shape index (κ3) is 2.93. The first-order valence-corrected chi connectivity index (χ1v) is 10.6. The van der Waals surface area contributed by atoms with Crippen molar-refractivity contribution in [3.05, 3.63) is 89.5 Å². The summed E-state index contributed by atoms with van der Waals surface area (Å²) in [6.45, 7) is 0. The normalized spacial score (nSPS) is 17.2. The molecule has 1 heterocycles. The molecule has 0 bridgehead atoms. The van der Waals surface area contributed by atoms with Crippen LogP contribution >= 0.6 is 10.8 Å². The molecule has 0 amide bonds. The van der Waals surface area contributed by atoms with Crippen molar-refractivity contribution in [1.29, 1.82) is 0 Å². The summed E-state index contributed by atoms with van der Waals surface area (Å²) in [6, 6.07) is 25.8. The van der Waals surface area contributed by atoms with E-state index in [9.17, 15) is 0 Å². The van der Waals surface area contributed by atoms with Gasteiger partial charge in [0.15, 0.2) is 5.60 Å². The van der Waals surface area contributed by atoms with Gasteiger partial charge in [0.25, 0.3) is 0 Å². The lowest BCUT2D eigenvalue weighted by atomic mass is 9.80. The molecule has 1 unspecified atom stereocenters. The zero-order chi connectivity index (χ0) is 19.9. The van der Waals surface area contributed by atoms with E-state index in [1.54, 1.807) is 0 Å². The molecule has 0 saturated heterocycles. The zero-order valence-electron chi connectivity index (χ0n) is 16.8. The van der Waals surface area contributed by atoms with E-state index in [1.165, 1.54) is 21.8 Å². The molecule has 0 spiro atoms. The highest BCUT2D eigenvalue weighted by atomic mass is 32.2. The van der Waals surface area contributed by atoms with Gasteiger partial charge in [0.2, 0.25) is 0 Å². The molecule has 0 aliphatic carbocycles. The number of fused-ring (bicyclic) bond motifs is 1. The van der Waals surface area contributed by atoms with Crippen LogP contribution in [0.2, 0.25) is 0 Å². The SMILES string of the molecule is C=S1OC(c2ccc(N(C)C)cc2)(c2ccc(N(C)C)cc2)c2ccccc21. The Kier molecular flexibility index (Phi) is 4.77. The average Bonchev–Trinajstić information content (AvgIpc) is 3.02. The summed E-state index contributed by atoms with van der Waals surface area (Å²) in [5.41, 5.74) is 5.13. The van der Waals surface area contributed by atoms with Gasteiger partial charge >= 0.3 is 0 Å². The third-order valence-corrected chi connectivity index (χ3v) is 6.62. The Hall–Kier alpha value is -2.56. The number of hydrogen-bond acceptors (Lipinski definition) is 3. The molecule has 4 heteroatoms. The van der Waals surface area contributed by atoms with Crippen LogP contribution in [0.15, 0.2) is 77.7 Å². The van der Waals surface area contributed by atoms with Gasteiger partial charge in [0, 0.05) is 50.0 Å². The predicted octanol–water partition coefficient (Wildman–Crippen LogP) is 5.12. The Morgan fingerprint density at radius 3 is 1.64 bits per heavy atom. The Morgan fingerprint density at radius 2 is 1.18 bits per heavy atom. The van der Waals surface area contributed by atoms with Gasteiger partial charge < -0.3 is 9.80 Å². The first-order valence-electron chi connectivity index (χ1n) is 9.32. The number of benzene rings is 3. The fraction of sp³-hybridized carbons (Fsp3) is 0.208. The van der Waals surface area contributed by atoms with Crippen LogP contribution in [0.5, 0.6) is 0 Å². The maximum Gasteiger partial charge on any atom is 0.159 e. The van der Waals surface area contributed by atoms with E-state index in [1.807, 2.05) is 0 Å². The summed E-state index contributed by atoms with van der Waals surface area (Å²) in [7, 11) is 7.70. The molecule has 3 aromatic carbocycles. The second-order valence-corrected chi connectivity index (χ2v) is 8.79. The fourth-order valence-electron chi connectivity index (χ4n) is 3.76. The van der Waals surface area contributed by atoms with Crippen LogP contribution in [0.3, 0.4) is 0 Å². The van der Waals surface area contributed by atoms with Gasteiger partial charge in [-0.15, -0.1) is 0 Å². The molecule has 0 N–H and O–H groups in total. The second kappa shape index (κ2) is 7.12. The Balaban J connectivity index is 1.94. The number of anilines is 2. The van der Waals surface area contributed by atoms with Crippen LogP contribution in [0.25, 0.3) is 0 Å². The van der Waals surface area contributed by atoms with Crippen LogP contribution in [-0.4, -0.2) is 34.1 Å². The summed E-state index contributed by atoms with van der Waals surface area (Å²) in [4.78, 5) is 5.39. The van der Waals surface area contributed by atoms with Crippen molar-refractivity contribution in [2.24, 2.45) is 0 Å². The second-order valence-electron chi connectivity index (χ2n) is 7.49. The van der Waals surface area contributed by atoms with E-state index in [0.29, 0.717) is 0 Å². The predicted molar refractivity (Wildman–Crippen MR) is 122 cm³/mol. The molecule has 0 fully saturated rings. The molecule has 0 saturated carbocycles. The van der Waals surface area contributed by atoms with Crippen molar-refractivity contribution >= 4 is 28.0 Å². The van der Waals surface area contributed by atoms with E-state index >= 15 is 0 Å². The topological polar surface area (TPSA) is 15.7 Å². The summed E-state index contributed by atoms with van der Waals surface area (Å²) < 4.78 is 6.68. The van der Waals surface area contributed by atoms with Crippen molar-refractivity contribution in [2.75, 3.05) is 38.0 Å². The molecule has 0 radical (unpaired) electrons. The molecular weight excluding hydrogens is 364 g/mol. The Labute approximate surface area is 170 Å². The Bertz CT molecular complexity index is 956. The highest BCUT2D eigenvalue weighted by molar-refractivity contribution is 8.10. The quantitative estimate of drug-likeness (QED) is 0.576. The molecule has 3 nitrogen and oxygen atoms in total. The van der Waals surface area contributed by atoms with Gasteiger partial charge in [-0.25, -0.2) is 0 Å². The molecule has 3 aromatic rings. The number of hydrogen-bond donors (Lipinski definition) is 0. The number of nitrogens with zero attached hydrogens (tertiary/aromatic N) is 2. The Morgan fingerprint density at radius 1 is 0.714 bits per heavy atom. The van der Waals surface area contributed by atoms with Gasteiger partial charge in [-0.2, -0.15) is 0 Å². The lowest BCUT2D eigenvalue weighted by Crippen LogP contribution is -2.28. The summed E-state index contributed by atoms with van der Waals surface area (Å²) >= 11 is 0. The lowest BCUT2D eigenvalue weighted by molar-refractivity contribution is 0.204. The summed E-state index contributed by atoms with van der Waals surface area (Å²) in [6.07, 6.45) is 0. The van der Waals surface area contributed by atoms with Crippen molar-refractivity contribution in [3.63, 3.8) is 0 Å². The van der Waals surface area contributed by atoms with Crippen LogP contribution in [0.4, 0.5) is 11.4 Å². The van der Waals surface area contributed by atoms with Gasteiger partial charge in [0.1, 0.15) is 0 Å². The maximum absolute atomic E-state index is 6.68. The lowest BCUT2D eigenvalue weighted by Gasteiger charge is -2.31. The highest BCUT2D eigenvalue weighted by Crippen LogP contribution is 2.55. The van der Waals surface area contributed by atoms with Gasteiger partial charge in [0.05, 0.1) is 0 Å². The highest BCUT2D eigenvalue weighted by Gasteiger charge is 2.45. The largest absolute Gasteiger partial charge is 0.378 e. The van der Waals surface area contributed by atoms with Crippen molar-refractivity contribution in [1.82, 2.24) is 0 Å². The minimum Gasteiger partial charge on any atom is -0.378 e. The third-order valence-electron chi connectivity index (χ3n) is 5.32. The van der Waals surface area contributed by atoms with Gasteiger partial charge in [-0.1, -0.05) is 42.5 Å². The van der Waals surface area contributed by atoms with Gasteiger partial charge in [-0.05, 0) is 58.1 Å². The summed E-state index contributed by atoms with van der Waals surface area (Å²) in [5, 5.41) is 0. The average molecular weight is 391 g/mol. The molecule has 144 valence electrons. The smallest absolute Gasteiger partial charge is 0.159 e. The first-order chi connectivity index (χ1) is 13.4. The minimum absolute atomic E-state index is 0.517. The number of rotatable bonds is 4. The molecule has 1 atom stereocenters. The molecule has 28 heavy (non-hydrogen) atoms. The minimum atomic E-state index is -0.642. The molecule has 1 aliphatic heterocycles. The van der Waals surface area contributed by atoms with Crippen LogP contribution < -0.4 is 9.80 Å². The molecular formula is C24H26N2OS. The summed E-state index contributed by atoms with van der Waals surface area (Å²) in [5.74, 6) is 4.31. The molecule has 4 rings (SSSR count). The zero-order valence-corrected chi connectivity index (χ0v) is 17.7. The van der Waals surface area contributed by atoms with Gasteiger partial charge in [-0.3, -0.25) is 4.18 Å². The van der Waals surface area contributed by atoms with Crippen LogP contribution in [0, 0.1) is 0 Å². The van der Waals surface area contributed by atoms with E-state index in [4.69, 9.17) is 4.18 Å². The van der Waals surface area contributed by atoms with Crippen LogP contribution in [-0.2, 0) is 9.78 Å². The van der Waals surface area contributed by atoms with E-state index in [2.05, 4.69) is 117 Å². The van der Waals surface area contributed by atoms with Crippen LogP contribution in [0.1, 0.15) is 16.7 Å². The monoisotopic (exact) mass is 390 g/mol. The van der Waals surface area contributed by atoms with E-state index in [0.717, 1.165) is 11.1 Å². The first kappa shape index (κ1) is 18.8. The standard InChI is InChI=1S/C24H26N2OS/c1-25(2)20-14-10-18(11-15-20)24(19-12-16-21(17-13-19)26(3)4)22-8-6-7-9-23(22)28(5)27-24/h6-17H,5H2,1-4H3.